The van der Waals surface area contributed by atoms with Crippen LogP contribution in [0, 0.1) is 0 Å². The summed E-state index contributed by atoms with van der Waals surface area (Å²) in [4.78, 5) is 22.0. The van der Waals surface area contributed by atoms with Gasteiger partial charge in [-0.1, -0.05) is 31.2 Å². The highest BCUT2D eigenvalue weighted by atomic mass is 16.4. The number of hydrogen-bond acceptors (Lipinski definition) is 2. The van der Waals surface area contributed by atoms with Gasteiger partial charge in [-0.3, -0.25) is 4.79 Å². The van der Waals surface area contributed by atoms with E-state index in [1.54, 1.807) is 0 Å². The monoisotopic (exact) mass is 235 g/mol. The van der Waals surface area contributed by atoms with Crippen molar-refractivity contribution in [2.75, 3.05) is 0 Å². The highest BCUT2D eigenvalue weighted by Gasteiger charge is 2.19. The number of carboxylic acid groups (broad SMARTS) is 1. The first-order valence-corrected chi connectivity index (χ1v) is 5.61. The van der Waals surface area contributed by atoms with Gasteiger partial charge < -0.3 is 10.4 Å². The molecule has 0 fully saturated rings. The van der Waals surface area contributed by atoms with E-state index in [0.29, 0.717) is 6.42 Å². The van der Waals surface area contributed by atoms with E-state index < -0.39 is 12.0 Å². The minimum Gasteiger partial charge on any atom is -0.480 e. The molecular formula is C13H17NO3. The van der Waals surface area contributed by atoms with Gasteiger partial charge in [-0.2, -0.15) is 0 Å². The molecule has 1 amide bonds. The summed E-state index contributed by atoms with van der Waals surface area (Å²) in [6.07, 6.45) is 1.17. The van der Waals surface area contributed by atoms with Crippen LogP contribution in [0.5, 0.6) is 0 Å². The van der Waals surface area contributed by atoms with Crippen molar-refractivity contribution >= 4 is 11.9 Å². The van der Waals surface area contributed by atoms with Gasteiger partial charge >= 0.3 is 5.97 Å². The largest absolute Gasteiger partial charge is 0.480 e. The van der Waals surface area contributed by atoms with E-state index in [0.717, 1.165) is 17.5 Å². The van der Waals surface area contributed by atoms with Gasteiger partial charge in [0.05, 0.1) is 0 Å². The molecule has 1 aromatic rings. The normalized spacial score (nSPS) is 11.9. The molecular weight excluding hydrogens is 218 g/mol. The number of rotatable bonds is 5. The molecule has 4 heteroatoms. The van der Waals surface area contributed by atoms with Crippen molar-refractivity contribution in [1.82, 2.24) is 5.32 Å². The zero-order valence-corrected chi connectivity index (χ0v) is 10.1. The first-order valence-electron chi connectivity index (χ1n) is 5.61. The third-order valence-corrected chi connectivity index (χ3v) is 2.60. The first-order chi connectivity index (χ1) is 8.04. The van der Waals surface area contributed by atoms with Crippen molar-refractivity contribution in [2.45, 2.75) is 32.7 Å². The standard InChI is InChI=1S/C13H17NO3/c1-3-10-6-4-5-7-11(10)8-12(13(16)17)14-9(2)15/h4-7,12H,3,8H2,1-2H3,(H,14,15)(H,16,17). The second kappa shape index (κ2) is 6.03. The molecule has 0 saturated carbocycles. The van der Waals surface area contributed by atoms with Gasteiger partial charge in [-0.15, -0.1) is 0 Å². The molecule has 0 aliphatic heterocycles. The maximum atomic E-state index is 11.0. The summed E-state index contributed by atoms with van der Waals surface area (Å²) in [6.45, 7) is 3.34. The number of hydrogen-bond donors (Lipinski definition) is 2. The Morgan fingerprint density at radius 3 is 2.35 bits per heavy atom. The van der Waals surface area contributed by atoms with Gasteiger partial charge in [0.15, 0.2) is 0 Å². The first kappa shape index (κ1) is 13.2. The summed E-state index contributed by atoms with van der Waals surface area (Å²) >= 11 is 0. The van der Waals surface area contributed by atoms with Crippen molar-refractivity contribution in [3.8, 4) is 0 Å². The van der Waals surface area contributed by atoms with Crippen LogP contribution in [-0.2, 0) is 22.4 Å². The Morgan fingerprint density at radius 2 is 1.88 bits per heavy atom. The van der Waals surface area contributed by atoms with Crippen molar-refractivity contribution in [3.63, 3.8) is 0 Å². The van der Waals surface area contributed by atoms with Crippen molar-refractivity contribution < 1.29 is 14.7 Å². The number of amides is 1. The number of aryl methyl sites for hydroxylation is 1. The summed E-state index contributed by atoms with van der Waals surface area (Å²) in [7, 11) is 0. The van der Waals surface area contributed by atoms with E-state index in [4.69, 9.17) is 5.11 Å². The van der Waals surface area contributed by atoms with Crippen molar-refractivity contribution in [1.29, 1.82) is 0 Å². The Bertz CT molecular complexity index is 415. The lowest BCUT2D eigenvalue weighted by atomic mass is 9.98. The van der Waals surface area contributed by atoms with Crippen molar-refractivity contribution in [3.05, 3.63) is 35.4 Å². The van der Waals surface area contributed by atoms with Crippen LogP contribution in [0.4, 0.5) is 0 Å². The number of carbonyl (C=O) groups is 2. The molecule has 1 atom stereocenters. The van der Waals surface area contributed by atoms with Gasteiger partial charge in [0.2, 0.25) is 5.91 Å². The molecule has 17 heavy (non-hydrogen) atoms. The Balaban J connectivity index is 2.85. The lowest BCUT2D eigenvalue weighted by Gasteiger charge is -2.15. The third-order valence-electron chi connectivity index (χ3n) is 2.60. The topological polar surface area (TPSA) is 66.4 Å². The second-order valence-corrected chi connectivity index (χ2v) is 3.92. The molecule has 1 aromatic carbocycles. The molecule has 1 unspecified atom stereocenters. The SMILES string of the molecule is CCc1ccccc1CC(NC(C)=O)C(=O)O. The molecule has 92 valence electrons. The van der Waals surface area contributed by atoms with Gasteiger partial charge in [-0.05, 0) is 17.5 Å². The fraction of sp³-hybridized carbons (Fsp3) is 0.385. The average molecular weight is 235 g/mol. The lowest BCUT2D eigenvalue weighted by molar-refractivity contribution is -0.141. The van der Waals surface area contributed by atoms with E-state index >= 15 is 0 Å². The predicted molar refractivity (Wildman–Crippen MR) is 64.8 cm³/mol. The lowest BCUT2D eigenvalue weighted by Crippen LogP contribution is -2.41. The summed E-state index contributed by atoms with van der Waals surface area (Å²) in [5, 5.41) is 11.5. The molecule has 1 rings (SSSR count). The van der Waals surface area contributed by atoms with Crippen LogP contribution in [0.1, 0.15) is 25.0 Å². The Kier molecular flexibility index (Phi) is 4.69. The number of nitrogens with one attached hydrogen (secondary N) is 1. The number of carboxylic acids is 1. The molecule has 0 spiro atoms. The molecule has 0 aromatic heterocycles. The number of benzene rings is 1. The van der Waals surface area contributed by atoms with Crippen LogP contribution in [0.3, 0.4) is 0 Å². The Morgan fingerprint density at radius 1 is 1.29 bits per heavy atom. The third kappa shape index (κ3) is 3.90. The zero-order chi connectivity index (χ0) is 12.8. The van der Waals surface area contributed by atoms with Gasteiger partial charge in [0.1, 0.15) is 6.04 Å². The van der Waals surface area contributed by atoms with Crippen LogP contribution < -0.4 is 5.32 Å². The summed E-state index contributed by atoms with van der Waals surface area (Å²) in [6, 6.07) is 6.82. The maximum absolute atomic E-state index is 11.0. The highest BCUT2D eigenvalue weighted by molar-refractivity contribution is 5.82. The van der Waals surface area contributed by atoms with Crippen LogP contribution >= 0.6 is 0 Å². The van der Waals surface area contributed by atoms with Crippen LogP contribution in [0.15, 0.2) is 24.3 Å². The molecule has 4 nitrogen and oxygen atoms in total. The van der Waals surface area contributed by atoms with E-state index in [9.17, 15) is 9.59 Å². The number of aliphatic carboxylic acids is 1. The van der Waals surface area contributed by atoms with Crippen LogP contribution in [0.2, 0.25) is 0 Å². The van der Waals surface area contributed by atoms with Gasteiger partial charge in [0, 0.05) is 13.3 Å². The molecule has 0 heterocycles. The quantitative estimate of drug-likeness (QED) is 0.810. The molecule has 2 N–H and O–H groups in total. The van der Waals surface area contributed by atoms with E-state index in [-0.39, 0.29) is 5.91 Å². The molecule has 0 aliphatic carbocycles. The van der Waals surface area contributed by atoms with E-state index in [2.05, 4.69) is 5.32 Å². The average Bonchev–Trinajstić information content (AvgIpc) is 2.28. The van der Waals surface area contributed by atoms with E-state index in [1.807, 2.05) is 31.2 Å². The molecule has 0 bridgehead atoms. The summed E-state index contributed by atoms with van der Waals surface area (Å²) < 4.78 is 0. The molecule has 0 radical (unpaired) electrons. The number of carbonyl (C=O) groups excluding carboxylic acids is 1. The zero-order valence-electron chi connectivity index (χ0n) is 10.1. The maximum Gasteiger partial charge on any atom is 0.326 e. The minimum atomic E-state index is -1.01. The fourth-order valence-electron chi connectivity index (χ4n) is 1.77. The minimum absolute atomic E-state index is 0.318. The smallest absolute Gasteiger partial charge is 0.326 e. The van der Waals surface area contributed by atoms with Crippen molar-refractivity contribution in [2.24, 2.45) is 0 Å². The predicted octanol–water partition coefficient (Wildman–Crippen LogP) is 1.38. The summed E-state index contributed by atoms with van der Waals surface area (Å²) in [5.41, 5.74) is 2.08. The van der Waals surface area contributed by atoms with Gasteiger partial charge in [0.25, 0.3) is 0 Å². The van der Waals surface area contributed by atoms with Crippen LogP contribution in [-0.4, -0.2) is 23.0 Å². The molecule has 0 saturated heterocycles. The Hall–Kier alpha value is -1.84. The second-order valence-electron chi connectivity index (χ2n) is 3.92. The molecule has 0 aliphatic rings. The summed E-state index contributed by atoms with van der Waals surface area (Å²) in [5.74, 6) is -1.34. The fourth-order valence-corrected chi connectivity index (χ4v) is 1.77. The van der Waals surface area contributed by atoms with Crippen LogP contribution in [0.25, 0.3) is 0 Å². The highest BCUT2D eigenvalue weighted by Crippen LogP contribution is 2.12. The van der Waals surface area contributed by atoms with E-state index in [1.165, 1.54) is 6.92 Å². The van der Waals surface area contributed by atoms with Gasteiger partial charge in [-0.25, -0.2) is 4.79 Å². The Labute approximate surface area is 101 Å².